The second kappa shape index (κ2) is 8.02. The third-order valence-corrected chi connectivity index (χ3v) is 5.86. The van der Waals surface area contributed by atoms with E-state index in [1.54, 1.807) is 6.20 Å². The highest BCUT2D eigenvalue weighted by Gasteiger charge is 2.28. The van der Waals surface area contributed by atoms with Gasteiger partial charge in [-0.2, -0.15) is 0 Å². The summed E-state index contributed by atoms with van der Waals surface area (Å²) in [6, 6.07) is 7.75. The van der Waals surface area contributed by atoms with Crippen LogP contribution in [0.15, 0.2) is 30.5 Å². The molecule has 1 aromatic carbocycles. The van der Waals surface area contributed by atoms with Gasteiger partial charge in [0.2, 0.25) is 0 Å². The number of fused-ring (bicyclic) bond motifs is 1. The van der Waals surface area contributed by atoms with E-state index in [1.807, 2.05) is 24.3 Å². The second-order valence-electron chi connectivity index (χ2n) is 5.59. The Kier molecular flexibility index (Phi) is 6.33. The number of H-pyrrole nitrogens is 1. The van der Waals surface area contributed by atoms with Gasteiger partial charge in [-0.05, 0) is 24.5 Å². The Balaban J connectivity index is 2.18. The molecule has 3 atom stereocenters. The molecule has 0 aliphatic carbocycles. The van der Waals surface area contributed by atoms with Gasteiger partial charge in [0, 0.05) is 27.3 Å². The Morgan fingerprint density at radius 1 is 1.41 bits per heavy atom. The molecule has 0 aliphatic rings. The average Bonchev–Trinajstić information content (AvgIpc) is 2.93. The molecule has 5 heteroatoms. The molecule has 1 heterocycles. The maximum atomic E-state index is 11.7. The Morgan fingerprint density at radius 3 is 2.82 bits per heavy atom. The lowest BCUT2D eigenvalue weighted by Crippen LogP contribution is -2.22. The van der Waals surface area contributed by atoms with Crippen molar-refractivity contribution in [1.29, 1.82) is 0 Å². The highest BCUT2D eigenvalue weighted by atomic mass is 79.9. The molecule has 0 saturated heterocycles. The van der Waals surface area contributed by atoms with Crippen molar-refractivity contribution >= 4 is 44.4 Å². The van der Waals surface area contributed by atoms with Crippen LogP contribution in [0, 0.1) is 0 Å². The van der Waals surface area contributed by atoms with Gasteiger partial charge in [0.25, 0.3) is 0 Å². The summed E-state index contributed by atoms with van der Waals surface area (Å²) in [5.74, 6) is -1.43. The summed E-state index contributed by atoms with van der Waals surface area (Å²) in [6.07, 6.45) is 5.37. The van der Waals surface area contributed by atoms with E-state index in [0.29, 0.717) is 6.42 Å². The molecule has 2 aromatic rings. The number of aromatic amines is 1. The van der Waals surface area contributed by atoms with E-state index >= 15 is 0 Å². The average molecular weight is 387 g/mol. The van der Waals surface area contributed by atoms with E-state index in [1.165, 1.54) is 0 Å². The van der Waals surface area contributed by atoms with Gasteiger partial charge in [0.1, 0.15) is 0 Å². The third kappa shape index (κ3) is 4.05. The molecule has 0 fully saturated rings. The van der Waals surface area contributed by atoms with Crippen molar-refractivity contribution in [3.05, 3.63) is 36.0 Å². The summed E-state index contributed by atoms with van der Waals surface area (Å²) in [4.78, 5) is 15.0. The van der Waals surface area contributed by atoms with Crippen molar-refractivity contribution in [3.8, 4) is 0 Å². The first-order chi connectivity index (χ1) is 10.5. The number of aliphatic carboxylic acids is 1. The number of carboxylic acids is 1. The standard InChI is InChI=1S/C17H21BrClNO2/c1-2-3-7-14(18)15(19)9-12(17(21)22)13-10-20-16-8-5-4-6-11(13)16/h4-6,8,10,12,14-15,20H,2-3,7,9H2,1H3,(H,21,22). The first-order valence-corrected chi connectivity index (χ1v) is 8.96. The zero-order chi connectivity index (χ0) is 16.1. The Labute approximate surface area is 144 Å². The van der Waals surface area contributed by atoms with Crippen LogP contribution in [0.3, 0.4) is 0 Å². The van der Waals surface area contributed by atoms with E-state index < -0.39 is 11.9 Å². The minimum Gasteiger partial charge on any atom is -0.481 e. The highest BCUT2D eigenvalue weighted by Crippen LogP contribution is 2.33. The van der Waals surface area contributed by atoms with Gasteiger partial charge in [-0.25, -0.2) is 0 Å². The van der Waals surface area contributed by atoms with Gasteiger partial charge >= 0.3 is 5.97 Å². The van der Waals surface area contributed by atoms with Crippen LogP contribution >= 0.6 is 27.5 Å². The minimum absolute atomic E-state index is 0.140. The number of unbranched alkanes of at least 4 members (excludes halogenated alkanes) is 1. The Hall–Kier alpha value is -1.00. The summed E-state index contributed by atoms with van der Waals surface area (Å²) in [5.41, 5.74) is 1.76. The number of hydrogen-bond acceptors (Lipinski definition) is 1. The first-order valence-electron chi connectivity index (χ1n) is 7.61. The van der Waals surface area contributed by atoms with Crippen molar-refractivity contribution in [2.75, 3.05) is 0 Å². The van der Waals surface area contributed by atoms with Crippen LogP contribution in [-0.4, -0.2) is 26.3 Å². The van der Waals surface area contributed by atoms with Crippen molar-refractivity contribution in [2.24, 2.45) is 0 Å². The van der Waals surface area contributed by atoms with Crippen molar-refractivity contribution in [2.45, 2.75) is 48.7 Å². The maximum absolute atomic E-state index is 11.7. The van der Waals surface area contributed by atoms with E-state index in [2.05, 4.69) is 27.8 Å². The van der Waals surface area contributed by atoms with Crippen molar-refractivity contribution in [3.63, 3.8) is 0 Å². The zero-order valence-electron chi connectivity index (χ0n) is 12.6. The molecule has 0 spiro atoms. The number of para-hydroxylation sites is 1. The van der Waals surface area contributed by atoms with Gasteiger partial charge in [0.05, 0.1) is 5.92 Å². The maximum Gasteiger partial charge on any atom is 0.311 e. The van der Waals surface area contributed by atoms with E-state index in [9.17, 15) is 9.90 Å². The molecule has 0 saturated carbocycles. The van der Waals surface area contributed by atoms with Crippen molar-refractivity contribution in [1.82, 2.24) is 4.98 Å². The van der Waals surface area contributed by atoms with Crippen LogP contribution in [0.2, 0.25) is 0 Å². The molecule has 120 valence electrons. The van der Waals surface area contributed by atoms with Crippen LogP contribution in [0.5, 0.6) is 0 Å². The normalized spacial score (nSPS) is 15.6. The lowest BCUT2D eigenvalue weighted by Gasteiger charge is -2.20. The van der Waals surface area contributed by atoms with Gasteiger partial charge in [-0.15, -0.1) is 11.6 Å². The number of carboxylic acid groups (broad SMARTS) is 1. The highest BCUT2D eigenvalue weighted by molar-refractivity contribution is 9.09. The molecule has 2 N–H and O–H groups in total. The monoisotopic (exact) mass is 385 g/mol. The zero-order valence-corrected chi connectivity index (χ0v) is 14.9. The number of halogens is 2. The van der Waals surface area contributed by atoms with Gasteiger partial charge in [-0.3, -0.25) is 4.79 Å². The topological polar surface area (TPSA) is 53.1 Å². The quantitative estimate of drug-likeness (QED) is 0.606. The molecule has 22 heavy (non-hydrogen) atoms. The SMILES string of the molecule is CCCCC(Br)C(Cl)CC(C(=O)O)c1c[nH]c2ccccc12. The van der Waals surface area contributed by atoms with Crippen LogP contribution in [0.4, 0.5) is 0 Å². The third-order valence-electron chi connectivity index (χ3n) is 3.98. The van der Waals surface area contributed by atoms with Crippen LogP contribution in [0.1, 0.15) is 44.1 Å². The molecule has 3 unspecified atom stereocenters. The van der Waals surface area contributed by atoms with E-state index in [4.69, 9.17) is 11.6 Å². The number of benzene rings is 1. The molecule has 2 rings (SSSR count). The summed E-state index contributed by atoms with van der Waals surface area (Å²) in [6.45, 7) is 2.13. The predicted molar refractivity (Wildman–Crippen MR) is 95.2 cm³/mol. The molecule has 3 nitrogen and oxygen atoms in total. The summed E-state index contributed by atoms with van der Waals surface area (Å²) in [5, 5.41) is 10.4. The second-order valence-corrected chi connectivity index (χ2v) is 7.33. The number of nitrogens with one attached hydrogen (secondary N) is 1. The summed E-state index contributed by atoms with van der Waals surface area (Å²) in [7, 11) is 0. The van der Waals surface area contributed by atoms with Crippen LogP contribution in [0.25, 0.3) is 10.9 Å². The predicted octanol–water partition coefficient (Wildman–Crippen LogP) is 5.29. The molecule has 0 aliphatic heterocycles. The van der Waals surface area contributed by atoms with Crippen molar-refractivity contribution < 1.29 is 9.90 Å². The first kappa shape index (κ1) is 17.4. The van der Waals surface area contributed by atoms with Gasteiger partial charge in [-0.1, -0.05) is 53.9 Å². The number of hydrogen-bond donors (Lipinski definition) is 2. The van der Waals surface area contributed by atoms with Crippen LogP contribution < -0.4 is 0 Å². The minimum atomic E-state index is -0.828. The molecule has 1 aromatic heterocycles. The Bertz CT molecular complexity index is 628. The number of aromatic nitrogens is 1. The Morgan fingerprint density at radius 2 is 2.14 bits per heavy atom. The largest absolute Gasteiger partial charge is 0.481 e. The molecule has 0 amide bonds. The molecule has 0 radical (unpaired) electrons. The van der Waals surface area contributed by atoms with E-state index in [-0.39, 0.29) is 10.2 Å². The lowest BCUT2D eigenvalue weighted by molar-refractivity contribution is -0.138. The number of rotatable bonds is 8. The summed E-state index contributed by atoms with van der Waals surface area (Å²) < 4.78 is 0. The smallest absolute Gasteiger partial charge is 0.311 e. The fraction of sp³-hybridized carbons (Fsp3) is 0.471. The fourth-order valence-electron chi connectivity index (χ4n) is 2.70. The fourth-order valence-corrected chi connectivity index (χ4v) is 3.54. The lowest BCUT2D eigenvalue weighted by atomic mass is 9.92. The van der Waals surface area contributed by atoms with Crippen LogP contribution in [-0.2, 0) is 4.79 Å². The number of carbonyl (C=O) groups is 1. The molecular weight excluding hydrogens is 366 g/mol. The summed E-state index contributed by atoms with van der Waals surface area (Å²) >= 11 is 10.1. The number of alkyl halides is 2. The van der Waals surface area contributed by atoms with E-state index in [0.717, 1.165) is 35.7 Å². The molecule has 0 bridgehead atoms. The molecular formula is C17H21BrClNO2. The van der Waals surface area contributed by atoms with Gasteiger partial charge in [0.15, 0.2) is 0 Å². The van der Waals surface area contributed by atoms with Gasteiger partial charge < -0.3 is 10.1 Å².